The predicted octanol–water partition coefficient (Wildman–Crippen LogP) is 2.48. The van der Waals surface area contributed by atoms with E-state index >= 15 is 0 Å². The van der Waals surface area contributed by atoms with E-state index in [4.69, 9.17) is 0 Å². The molecule has 0 aromatic carbocycles. The lowest BCUT2D eigenvalue weighted by atomic mass is 10.3. The normalized spacial score (nSPS) is 11.9. The topological polar surface area (TPSA) is 58.0 Å². The molecule has 0 atom stereocenters. The van der Waals surface area contributed by atoms with E-state index in [-0.39, 0.29) is 5.88 Å². The van der Waals surface area contributed by atoms with Gasteiger partial charge in [0.15, 0.2) is 5.16 Å². The number of nitrogens with zero attached hydrogens (tertiary/aromatic N) is 2. The Morgan fingerprint density at radius 2 is 2.24 bits per heavy atom. The standard InChI is InChI=1S/C12H19N3OS/c1-5-10(13-8(2)3)7-17-12-14-9(4)6-11(16)15-12/h5-6,8,13H,7H2,1-4H3,(H,14,15,16)/b10-5-. The molecule has 0 saturated heterocycles. The number of allylic oxidation sites excluding steroid dienone is 1. The zero-order valence-corrected chi connectivity index (χ0v) is 11.5. The number of hydrogen-bond acceptors (Lipinski definition) is 5. The fourth-order valence-electron chi connectivity index (χ4n) is 1.31. The Labute approximate surface area is 107 Å². The summed E-state index contributed by atoms with van der Waals surface area (Å²) in [7, 11) is 0. The van der Waals surface area contributed by atoms with Crippen molar-refractivity contribution in [3.05, 3.63) is 23.5 Å². The third kappa shape index (κ3) is 5.08. The fourth-order valence-corrected chi connectivity index (χ4v) is 2.21. The van der Waals surface area contributed by atoms with Crippen LogP contribution in [0.5, 0.6) is 5.88 Å². The molecule has 0 spiro atoms. The third-order valence-corrected chi connectivity index (χ3v) is 2.90. The Balaban J connectivity index is 2.60. The summed E-state index contributed by atoms with van der Waals surface area (Å²) in [6.45, 7) is 8.04. The smallest absolute Gasteiger partial charge is 0.215 e. The zero-order chi connectivity index (χ0) is 12.8. The Morgan fingerprint density at radius 3 is 2.76 bits per heavy atom. The van der Waals surface area contributed by atoms with Crippen LogP contribution < -0.4 is 5.32 Å². The van der Waals surface area contributed by atoms with E-state index < -0.39 is 0 Å². The highest BCUT2D eigenvalue weighted by Gasteiger charge is 2.04. The van der Waals surface area contributed by atoms with E-state index in [0.29, 0.717) is 11.2 Å². The minimum absolute atomic E-state index is 0.0267. The molecule has 17 heavy (non-hydrogen) atoms. The quantitative estimate of drug-likeness (QED) is 0.623. The molecule has 1 rings (SSSR count). The summed E-state index contributed by atoms with van der Waals surface area (Å²) in [4.78, 5) is 8.23. The Hall–Kier alpha value is -1.23. The average Bonchev–Trinajstić information content (AvgIpc) is 2.22. The first-order chi connectivity index (χ1) is 8.01. The van der Waals surface area contributed by atoms with E-state index in [1.807, 2.05) is 19.9 Å². The molecule has 0 aliphatic carbocycles. The van der Waals surface area contributed by atoms with Gasteiger partial charge in [-0.05, 0) is 27.7 Å². The van der Waals surface area contributed by atoms with Crippen molar-refractivity contribution >= 4 is 11.8 Å². The van der Waals surface area contributed by atoms with E-state index in [1.165, 1.54) is 11.8 Å². The number of aryl methyl sites for hydroxylation is 1. The lowest BCUT2D eigenvalue weighted by Gasteiger charge is -2.13. The van der Waals surface area contributed by atoms with Gasteiger partial charge in [-0.15, -0.1) is 0 Å². The van der Waals surface area contributed by atoms with Gasteiger partial charge in [0, 0.05) is 29.3 Å². The number of nitrogens with one attached hydrogen (secondary N) is 1. The van der Waals surface area contributed by atoms with Crippen molar-refractivity contribution in [1.82, 2.24) is 15.3 Å². The van der Waals surface area contributed by atoms with Crippen molar-refractivity contribution in [1.29, 1.82) is 0 Å². The van der Waals surface area contributed by atoms with E-state index in [1.54, 1.807) is 6.07 Å². The van der Waals surface area contributed by atoms with Gasteiger partial charge < -0.3 is 10.4 Å². The number of rotatable bonds is 5. The van der Waals surface area contributed by atoms with E-state index in [9.17, 15) is 5.11 Å². The number of aromatic nitrogens is 2. The summed E-state index contributed by atoms with van der Waals surface area (Å²) in [5, 5.41) is 13.3. The van der Waals surface area contributed by atoms with Crippen LogP contribution in [0.25, 0.3) is 0 Å². The Bertz CT molecular complexity index is 384. The van der Waals surface area contributed by atoms with Gasteiger partial charge >= 0.3 is 0 Å². The molecule has 0 bridgehead atoms. The largest absolute Gasteiger partial charge is 0.493 e. The molecule has 5 heteroatoms. The SMILES string of the molecule is C/C=C(/CSc1nc(C)cc(O)n1)NC(C)C. The molecule has 0 radical (unpaired) electrons. The molecule has 0 amide bonds. The van der Waals surface area contributed by atoms with Crippen molar-refractivity contribution in [3.8, 4) is 5.88 Å². The highest BCUT2D eigenvalue weighted by molar-refractivity contribution is 7.99. The second-order valence-corrected chi connectivity index (χ2v) is 4.99. The van der Waals surface area contributed by atoms with E-state index in [0.717, 1.165) is 17.1 Å². The minimum Gasteiger partial charge on any atom is -0.493 e. The van der Waals surface area contributed by atoms with Gasteiger partial charge in [-0.3, -0.25) is 0 Å². The zero-order valence-electron chi connectivity index (χ0n) is 10.7. The van der Waals surface area contributed by atoms with Crippen LogP contribution in [0.2, 0.25) is 0 Å². The summed E-state index contributed by atoms with van der Waals surface area (Å²) >= 11 is 1.51. The molecule has 4 nitrogen and oxygen atoms in total. The Kier molecular flexibility index (Phi) is 5.28. The maximum atomic E-state index is 9.37. The molecule has 1 aromatic rings. The molecular weight excluding hydrogens is 234 g/mol. The average molecular weight is 253 g/mol. The van der Waals surface area contributed by atoms with Gasteiger partial charge in [0.05, 0.1) is 0 Å². The summed E-state index contributed by atoms with van der Waals surface area (Å²) in [5.41, 5.74) is 1.92. The molecule has 1 aromatic heterocycles. The highest BCUT2D eigenvalue weighted by Crippen LogP contribution is 2.18. The molecule has 0 fully saturated rings. The molecule has 2 N–H and O–H groups in total. The van der Waals surface area contributed by atoms with Crippen LogP contribution in [0.1, 0.15) is 26.5 Å². The molecule has 94 valence electrons. The van der Waals surface area contributed by atoms with Gasteiger partial charge in [0.2, 0.25) is 5.88 Å². The lowest BCUT2D eigenvalue weighted by Crippen LogP contribution is -2.23. The number of aromatic hydroxyl groups is 1. The highest BCUT2D eigenvalue weighted by atomic mass is 32.2. The maximum absolute atomic E-state index is 9.37. The third-order valence-electron chi connectivity index (χ3n) is 2.00. The van der Waals surface area contributed by atoms with Gasteiger partial charge in [-0.1, -0.05) is 17.8 Å². The van der Waals surface area contributed by atoms with Crippen molar-refractivity contribution in [2.45, 2.75) is 38.9 Å². The molecular formula is C12H19N3OS. The van der Waals surface area contributed by atoms with Crippen LogP contribution in [0.3, 0.4) is 0 Å². The molecule has 0 aliphatic heterocycles. The molecule has 0 aliphatic rings. The van der Waals surface area contributed by atoms with Crippen molar-refractivity contribution in [2.24, 2.45) is 0 Å². The first-order valence-corrected chi connectivity index (χ1v) is 6.59. The van der Waals surface area contributed by atoms with Crippen LogP contribution in [-0.4, -0.2) is 26.9 Å². The van der Waals surface area contributed by atoms with Crippen LogP contribution in [-0.2, 0) is 0 Å². The van der Waals surface area contributed by atoms with Crippen molar-refractivity contribution in [3.63, 3.8) is 0 Å². The van der Waals surface area contributed by atoms with Gasteiger partial charge in [-0.2, -0.15) is 4.98 Å². The summed E-state index contributed by atoms with van der Waals surface area (Å²) < 4.78 is 0. The second kappa shape index (κ2) is 6.49. The van der Waals surface area contributed by atoms with Crippen LogP contribution >= 0.6 is 11.8 Å². The molecule has 0 unspecified atom stereocenters. The first kappa shape index (κ1) is 13.8. The Morgan fingerprint density at radius 1 is 1.53 bits per heavy atom. The van der Waals surface area contributed by atoms with Crippen LogP contribution in [0.15, 0.2) is 23.0 Å². The van der Waals surface area contributed by atoms with Gasteiger partial charge in [0.25, 0.3) is 0 Å². The first-order valence-electron chi connectivity index (χ1n) is 5.60. The minimum atomic E-state index is 0.0267. The summed E-state index contributed by atoms with van der Waals surface area (Å²) in [6, 6.07) is 1.96. The molecule has 0 saturated carbocycles. The fraction of sp³-hybridized carbons (Fsp3) is 0.500. The number of hydrogen-bond donors (Lipinski definition) is 2. The predicted molar refractivity (Wildman–Crippen MR) is 71.2 cm³/mol. The summed E-state index contributed by atoms with van der Waals surface area (Å²) in [5.74, 6) is 0.802. The van der Waals surface area contributed by atoms with Crippen LogP contribution in [0, 0.1) is 6.92 Å². The monoisotopic (exact) mass is 253 g/mol. The van der Waals surface area contributed by atoms with Crippen molar-refractivity contribution in [2.75, 3.05) is 5.75 Å². The second-order valence-electron chi connectivity index (χ2n) is 4.05. The van der Waals surface area contributed by atoms with Crippen molar-refractivity contribution < 1.29 is 5.11 Å². The van der Waals surface area contributed by atoms with Gasteiger partial charge in [0.1, 0.15) is 0 Å². The van der Waals surface area contributed by atoms with Crippen LogP contribution in [0.4, 0.5) is 0 Å². The summed E-state index contributed by atoms with van der Waals surface area (Å²) in [6.07, 6.45) is 2.04. The lowest BCUT2D eigenvalue weighted by molar-refractivity contribution is 0.444. The van der Waals surface area contributed by atoms with E-state index in [2.05, 4.69) is 29.1 Å². The van der Waals surface area contributed by atoms with Gasteiger partial charge in [-0.25, -0.2) is 4.98 Å². The maximum Gasteiger partial charge on any atom is 0.215 e. The number of thioether (sulfide) groups is 1. The molecule has 1 heterocycles.